The van der Waals surface area contributed by atoms with Crippen LogP contribution in [0.3, 0.4) is 0 Å². The number of guanidine groups is 1. The van der Waals surface area contributed by atoms with E-state index in [-0.39, 0.29) is 24.0 Å². The molecule has 1 saturated carbocycles. The van der Waals surface area contributed by atoms with Gasteiger partial charge in [-0.3, -0.25) is 4.99 Å². The Hall–Kier alpha value is -0.0800. The zero-order chi connectivity index (χ0) is 16.1. The highest BCUT2D eigenvalue weighted by Gasteiger charge is 2.41. The number of halogens is 1. The molecule has 1 N–H and O–H groups in total. The molecule has 2 heterocycles. The first-order valence-electron chi connectivity index (χ1n) is 9.57. The van der Waals surface area contributed by atoms with E-state index in [4.69, 9.17) is 0 Å². The van der Waals surface area contributed by atoms with E-state index < -0.39 is 0 Å². The maximum absolute atomic E-state index is 4.54. The molecule has 0 radical (unpaired) electrons. The Labute approximate surface area is 165 Å². The van der Waals surface area contributed by atoms with E-state index in [0.29, 0.717) is 5.41 Å². The molecule has 0 unspecified atom stereocenters. The number of aliphatic imine (C=N–C) groups is 1. The van der Waals surface area contributed by atoms with Crippen LogP contribution in [0, 0.1) is 5.41 Å². The lowest BCUT2D eigenvalue weighted by molar-refractivity contribution is 0.277. The van der Waals surface area contributed by atoms with Gasteiger partial charge in [0.15, 0.2) is 5.96 Å². The number of hydrogen-bond donors (Lipinski definition) is 1. The molecule has 3 rings (SSSR count). The van der Waals surface area contributed by atoms with Crippen LogP contribution >= 0.6 is 24.0 Å². The molecule has 24 heavy (non-hydrogen) atoms. The summed E-state index contributed by atoms with van der Waals surface area (Å²) in [4.78, 5) is 12.1. The predicted molar refractivity (Wildman–Crippen MR) is 112 cm³/mol. The highest BCUT2D eigenvalue weighted by Crippen LogP contribution is 2.45. The van der Waals surface area contributed by atoms with Crippen molar-refractivity contribution in [2.24, 2.45) is 10.4 Å². The molecule has 2 aliphatic heterocycles. The van der Waals surface area contributed by atoms with E-state index in [1.807, 2.05) is 7.05 Å². The minimum Gasteiger partial charge on any atom is -0.355 e. The molecule has 1 spiro atoms. The third kappa shape index (κ3) is 5.21. The van der Waals surface area contributed by atoms with Crippen molar-refractivity contribution in [3.63, 3.8) is 0 Å². The van der Waals surface area contributed by atoms with Crippen LogP contribution in [0.4, 0.5) is 0 Å². The number of likely N-dealkylation sites (tertiary alicyclic amines) is 1. The first-order chi connectivity index (χ1) is 11.2. The standard InChI is InChI=1S/C18H35N5.HI/c1-19-17(23-12-8-18(16-23)6-3-4-7-18)20-9-13-22-11-5-10-21(2)14-15-22;/h3-16H2,1-2H3,(H,19,20);1H. The first-order valence-corrected chi connectivity index (χ1v) is 9.57. The maximum Gasteiger partial charge on any atom is 0.193 e. The van der Waals surface area contributed by atoms with E-state index in [1.165, 1.54) is 77.8 Å². The minimum absolute atomic E-state index is 0. The van der Waals surface area contributed by atoms with Crippen LogP contribution in [-0.2, 0) is 0 Å². The summed E-state index contributed by atoms with van der Waals surface area (Å²) in [6.07, 6.45) is 8.39. The Kier molecular flexibility index (Phi) is 8.07. The largest absolute Gasteiger partial charge is 0.355 e. The molecule has 140 valence electrons. The molecule has 1 aliphatic carbocycles. The second-order valence-electron chi connectivity index (χ2n) is 7.85. The lowest BCUT2D eigenvalue weighted by atomic mass is 9.86. The first kappa shape index (κ1) is 20.2. The molecular weight excluding hydrogens is 413 g/mol. The number of nitrogens with zero attached hydrogens (tertiary/aromatic N) is 4. The summed E-state index contributed by atoms with van der Waals surface area (Å²) in [6, 6.07) is 0. The van der Waals surface area contributed by atoms with Crippen molar-refractivity contribution in [1.82, 2.24) is 20.0 Å². The molecule has 0 aromatic heterocycles. The Balaban J connectivity index is 0.00000208. The SMILES string of the molecule is CN=C(NCCN1CCCN(C)CC1)N1CCC2(CCCC2)C1.I. The number of likely N-dealkylation sites (N-methyl/N-ethyl adjacent to an activating group) is 1. The summed E-state index contributed by atoms with van der Waals surface area (Å²) in [5.41, 5.74) is 0.618. The van der Waals surface area contributed by atoms with Gasteiger partial charge in [-0.15, -0.1) is 24.0 Å². The summed E-state index contributed by atoms with van der Waals surface area (Å²) in [5.74, 6) is 1.13. The normalized spacial score (nSPS) is 25.8. The molecule has 0 aromatic rings. The molecular formula is C18H36IN5. The van der Waals surface area contributed by atoms with Crippen LogP contribution in [0.25, 0.3) is 0 Å². The predicted octanol–water partition coefficient (Wildman–Crippen LogP) is 2.08. The van der Waals surface area contributed by atoms with E-state index >= 15 is 0 Å². The summed E-state index contributed by atoms with van der Waals surface area (Å²) in [6.45, 7) is 9.42. The fraction of sp³-hybridized carbons (Fsp3) is 0.944. The van der Waals surface area contributed by atoms with Crippen LogP contribution in [0.2, 0.25) is 0 Å². The van der Waals surface area contributed by atoms with Crippen LogP contribution < -0.4 is 5.32 Å². The lowest BCUT2D eigenvalue weighted by Crippen LogP contribution is -2.44. The van der Waals surface area contributed by atoms with Crippen LogP contribution in [0.15, 0.2) is 4.99 Å². The second kappa shape index (κ2) is 9.57. The molecule has 6 heteroatoms. The highest BCUT2D eigenvalue weighted by atomic mass is 127. The Bertz CT molecular complexity index is 408. The van der Waals surface area contributed by atoms with Crippen molar-refractivity contribution in [2.75, 3.05) is 66.5 Å². The molecule has 0 amide bonds. The summed E-state index contributed by atoms with van der Waals surface area (Å²) in [7, 11) is 4.17. The van der Waals surface area contributed by atoms with Crippen LogP contribution in [0.1, 0.15) is 38.5 Å². The van der Waals surface area contributed by atoms with Crippen LogP contribution in [-0.4, -0.2) is 87.1 Å². The molecule has 0 aromatic carbocycles. The van der Waals surface area contributed by atoms with Gasteiger partial charge in [0.1, 0.15) is 0 Å². The lowest BCUT2D eigenvalue weighted by Gasteiger charge is -2.27. The summed E-state index contributed by atoms with van der Waals surface area (Å²) < 4.78 is 0. The van der Waals surface area contributed by atoms with E-state index in [9.17, 15) is 0 Å². The average Bonchev–Trinajstić information content (AvgIpc) is 3.13. The Morgan fingerprint density at radius 1 is 1.00 bits per heavy atom. The quantitative estimate of drug-likeness (QED) is 0.407. The van der Waals surface area contributed by atoms with Gasteiger partial charge in [-0.05, 0) is 51.2 Å². The van der Waals surface area contributed by atoms with E-state index in [0.717, 1.165) is 19.0 Å². The fourth-order valence-electron chi connectivity index (χ4n) is 4.63. The van der Waals surface area contributed by atoms with Crippen molar-refractivity contribution in [3.05, 3.63) is 0 Å². The van der Waals surface area contributed by atoms with Gasteiger partial charge >= 0.3 is 0 Å². The molecule has 0 atom stereocenters. The van der Waals surface area contributed by atoms with Crippen LogP contribution in [0.5, 0.6) is 0 Å². The molecule has 0 bridgehead atoms. The summed E-state index contributed by atoms with van der Waals surface area (Å²) in [5, 5.41) is 3.62. The van der Waals surface area contributed by atoms with Gasteiger partial charge in [0.25, 0.3) is 0 Å². The third-order valence-corrected chi connectivity index (χ3v) is 6.14. The molecule has 2 saturated heterocycles. The van der Waals surface area contributed by atoms with Gasteiger partial charge in [0, 0.05) is 46.3 Å². The Morgan fingerprint density at radius 3 is 2.54 bits per heavy atom. The van der Waals surface area contributed by atoms with Crippen molar-refractivity contribution in [3.8, 4) is 0 Å². The van der Waals surface area contributed by atoms with Gasteiger partial charge in [0.05, 0.1) is 0 Å². The van der Waals surface area contributed by atoms with E-state index in [2.05, 4.69) is 32.1 Å². The van der Waals surface area contributed by atoms with Gasteiger partial charge in [-0.1, -0.05) is 12.8 Å². The molecule has 3 fully saturated rings. The second-order valence-corrected chi connectivity index (χ2v) is 7.85. The average molecular weight is 449 g/mol. The number of hydrogen-bond acceptors (Lipinski definition) is 3. The number of nitrogens with one attached hydrogen (secondary N) is 1. The van der Waals surface area contributed by atoms with Gasteiger partial charge in [-0.25, -0.2) is 0 Å². The van der Waals surface area contributed by atoms with Crippen molar-refractivity contribution in [2.45, 2.75) is 38.5 Å². The van der Waals surface area contributed by atoms with Crippen molar-refractivity contribution >= 4 is 29.9 Å². The van der Waals surface area contributed by atoms with Crippen molar-refractivity contribution < 1.29 is 0 Å². The number of rotatable bonds is 3. The smallest absolute Gasteiger partial charge is 0.193 e. The third-order valence-electron chi connectivity index (χ3n) is 6.14. The highest BCUT2D eigenvalue weighted by molar-refractivity contribution is 14.0. The van der Waals surface area contributed by atoms with Gasteiger partial charge in [0.2, 0.25) is 0 Å². The van der Waals surface area contributed by atoms with Crippen molar-refractivity contribution in [1.29, 1.82) is 0 Å². The zero-order valence-corrected chi connectivity index (χ0v) is 17.9. The van der Waals surface area contributed by atoms with Gasteiger partial charge in [-0.2, -0.15) is 0 Å². The maximum atomic E-state index is 4.54. The Morgan fingerprint density at radius 2 is 1.79 bits per heavy atom. The fourth-order valence-corrected chi connectivity index (χ4v) is 4.63. The monoisotopic (exact) mass is 449 g/mol. The minimum atomic E-state index is 0. The van der Waals surface area contributed by atoms with E-state index in [1.54, 1.807) is 0 Å². The van der Waals surface area contributed by atoms with Gasteiger partial charge < -0.3 is 20.0 Å². The zero-order valence-electron chi connectivity index (χ0n) is 15.6. The summed E-state index contributed by atoms with van der Waals surface area (Å²) >= 11 is 0. The molecule has 5 nitrogen and oxygen atoms in total. The molecule has 3 aliphatic rings. The topological polar surface area (TPSA) is 34.1 Å².